The van der Waals surface area contributed by atoms with E-state index in [1.807, 2.05) is 0 Å². The third-order valence-corrected chi connectivity index (χ3v) is 5.17. The number of rotatable bonds is 5. The second-order valence-electron chi connectivity index (χ2n) is 4.73. The van der Waals surface area contributed by atoms with Crippen molar-refractivity contribution in [2.45, 2.75) is 19.4 Å². The van der Waals surface area contributed by atoms with E-state index < -0.39 is 10.0 Å². The molecule has 0 spiro atoms. The Kier molecular flexibility index (Phi) is 3.53. The van der Waals surface area contributed by atoms with Gasteiger partial charge in [-0.15, -0.1) is 5.10 Å². The number of imidazole rings is 1. The van der Waals surface area contributed by atoms with Gasteiger partial charge < -0.3 is 4.98 Å². The molecule has 0 amide bonds. The zero-order valence-corrected chi connectivity index (χ0v) is 11.8. The van der Waals surface area contributed by atoms with Crippen molar-refractivity contribution >= 4 is 10.0 Å². The molecule has 2 aromatic rings. The van der Waals surface area contributed by atoms with Crippen molar-refractivity contribution in [3.8, 4) is 11.5 Å². The number of aromatic nitrogens is 5. The Labute approximate surface area is 116 Å². The van der Waals surface area contributed by atoms with Gasteiger partial charge in [0.2, 0.25) is 10.0 Å². The summed E-state index contributed by atoms with van der Waals surface area (Å²) in [6, 6.07) is 0. The average molecular weight is 296 g/mol. The van der Waals surface area contributed by atoms with Gasteiger partial charge in [-0.1, -0.05) is 5.21 Å². The lowest BCUT2D eigenvalue weighted by Gasteiger charge is -2.14. The molecule has 1 N–H and O–H groups in total. The van der Waals surface area contributed by atoms with Gasteiger partial charge in [0.05, 0.1) is 18.5 Å². The molecule has 1 saturated heterocycles. The van der Waals surface area contributed by atoms with Gasteiger partial charge in [-0.3, -0.25) is 4.68 Å². The van der Waals surface area contributed by atoms with Crippen LogP contribution < -0.4 is 0 Å². The van der Waals surface area contributed by atoms with E-state index in [2.05, 4.69) is 20.3 Å². The highest BCUT2D eigenvalue weighted by Gasteiger charge is 2.25. The van der Waals surface area contributed by atoms with Crippen LogP contribution in [0.25, 0.3) is 11.5 Å². The molecule has 2 aromatic heterocycles. The first-order valence-corrected chi connectivity index (χ1v) is 8.14. The average Bonchev–Trinajstić information content (AvgIpc) is 3.16. The van der Waals surface area contributed by atoms with Crippen LogP contribution in [0.15, 0.2) is 18.6 Å². The molecule has 3 heterocycles. The molecule has 0 aliphatic carbocycles. The number of nitrogens with one attached hydrogen (secondary N) is 1. The van der Waals surface area contributed by atoms with Crippen molar-refractivity contribution in [1.29, 1.82) is 0 Å². The molecule has 1 fully saturated rings. The fraction of sp³-hybridized carbons (Fsp3) is 0.545. The lowest BCUT2D eigenvalue weighted by Crippen LogP contribution is -2.31. The summed E-state index contributed by atoms with van der Waals surface area (Å²) in [4.78, 5) is 7.00. The first-order valence-electron chi connectivity index (χ1n) is 6.53. The van der Waals surface area contributed by atoms with E-state index in [1.54, 1.807) is 22.9 Å². The molecule has 0 aromatic carbocycles. The Bertz CT molecular complexity index is 657. The summed E-state index contributed by atoms with van der Waals surface area (Å²) in [6.45, 7) is 1.57. The zero-order valence-electron chi connectivity index (χ0n) is 10.9. The van der Waals surface area contributed by atoms with E-state index >= 15 is 0 Å². The molecular formula is C11H16N6O2S. The Morgan fingerprint density at radius 1 is 1.30 bits per heavy atom. The molecule has 0 saturated carbocycles. The number of sulfonamides is 1. The second-order valence-corrected chi connectivity index (χ2v) is 6.82. The van der Waals surface area contributed by atoms with Gasteiger partial charge in [-0.2, -0.15) is 0 Å². The second kappa shape index (κ2) is 5.33. The van der Waals surface area contributed by atoms with Gasteiger partial charge in [0.15, 0.2) is 5.82 Å². The Balaban J connectivity index is 1.64. The van der Waals surface area contributed by atoms with E-state index in [0.29, 0.717) is 31.2 Å². The number of nitrogens with zero attached hydrogens (tertiary/aromatic N) is 5. The van der Waals surface area contributed by atoms with Crippen LogP contribution >= 0.6 is 0 Å². The molecule has 9 heteroatoms. The molecule has 0 unspecified atom stereocenters. The first-order chi connectivity index (χ1) is 9.65. The number of hydrogen-bond acceptors (Lipinski definition) is 5. The molecule has 20 heavy (non-hydrogen) atoms. The third-order valence-electron chi connectivity index (χ3n) is 3.32. The van der Waals surface area contributed by atoms with Crippen LogP contribution in [0.2, 0.25) is 0 Å². The summed E-state index contributed by atoms with van der Waals surface area (Å²) in [7, 11) is -3.18. The number of aryl methyl sites for hydroxylation is 1. The maximum absolute atomic E-state index is 12.1. The van der Waals surface area contributed by atoms with E-state index in [0.717, 1.165) is 12.8 Å². The minimum absolute atomic E-state index is 0.0496. The normalized spacial score (nSPS) is 16.8. The van der Waals surface area contributed by atoms with E-state index in [9.17, 15) is 8.42 Å². The quantitative estimate of drug-likeness (QED) is 0.843. The van der Waals surface area contributed by atoms with Crippen molar-refractivity contribution in [3.05, 3.63) is 18.6 Å². The maximum Gasteiger partial charge on any atom is 0.215 e. The summed E-state index contributed by atoms with van der Waals surface area (Å²) in [5.74, 6) is 0.673. The van der Waals surface area contributed by atoms with Crippen LogP contribution in [0.1, 0.15) is 12.8 Å². The van der Waals surface area contributed by atoms with Crippen LogP contribution in [0.5, 0.6) is 0 Å². The summed E-state index contributed by atoms with van der Waals surface area (Å²) in [5, 5.41) is 7.89. The van der Waals surface area contributed by atoms with Crippen molar-refractivity contribution < 1.29 is 8.42 Å². The molecule has 3 rings (SSSR count). The molecular weight excluding hydrogens is 280 g/mol. The summed E-state index contributed by atoms with van der Waals surface area (Å²) in [5.41, 5.74) is 0.605. The van der Waals surface area contributed by atoms with Crippen LogP contribution in [0.3, 0.4) is 0 Å². The van der Waals surface area contributed by atoms with Crippen molar-refractivity contribution in [2.24, 2.45) is 0 Å². The molecule has 1 aliphatic heterocycles. The monoisotopic (exact) mass is 296 g/mol. The van der Waals surface area contributed by atoms with Gasteiger partial charge in [0.25, 0.3) is 0 Å². The summed E-state index contributed by atoms with van der Waals surface area (Å²) < 4.78 is 27.3. The first kappa shape index (κ1) is 13.3. The number of aromatic amines is 1. The lowest BCUT2D eigenvalue weighted by atomic mass is 10.4. The molecule has 0 radical (unpaired) electrons. The van der Waals surface area contributed by atoms with Gasteiger partial charge in [0.1, 0.15) is 5.69 Å². The Hall–Kier alpha value is -1.74. The largest absolute Gasteiger partial charge is 0.343 e. The minimum Gasteiger partial charge on any atom is -0.343 e. The lowest BCUT2D eigenvalue weighted by molar-refractivity contribution is 0.471. The standard InChI is InChI=1S/C11H16N6O2S/c18-20(19,17-5-1-2-6-17)8-7-16-9-10(14-15-16)11-12-3-4-13-11/h3-4,9H,1-2,5-8H2,(H,12,13). The molecule has 1 aliphatic rings. The summed E-state index contributed by atoms with van der Waals surface area (Å²) >= 11 is 0. The summed E-state index contributed by atoms with van der Waals surface area (Å²) in [6.07, 6.45) is 6.92. The van der Waals surface area contributed by atoms with Gasteiger partial charge in [-0.25, -0.2) is 17.7 Å². The van der Waals surface area contributed by atoms with Gasteiger partial charge in [0, 0.05) is 25.5 Å². The molecule has 8 nitrogen and oxygen atoms in total. The van der Waals surface area contributed by atoms with E-state index in [4.69, 9.17) is 0 Å². The SMILES string of the molecule is O=S(=O)(CCn1cc(-c2ncc[nH]2)nn1)N1CCCC1. The fourth-order valence-corrected chi connectivity index (χ4v) is 3.72. The fourth-order valence-electron chi connectivity index (χ4n) is 2.23. The van der Waals surface area contributed by atoms with Crippen LogP contribution in [-0.2, 0) is 16.6 Å². The van der Waals surface area contributed by atoms with Crippen LogP contribution in [0, 0.1) is 0 Å². The highest BCUT2D eigenvalue weighted by Crippen LogP contribution is 2.14. The van der Waals surface area contributed by atoms with Crippen molar-refractivity contribution in [1.82, 2.24) is 29.3 Å². The Morgan fingerprint density at radius 3 is 2.80 bits per heavy atom. The maximum atomic E-state index is 12.1. The van der Waals surface area contributed by atoms with E-state index in [1.165, 1.54) is 4.68 Å². The highest BCUT2D eigenvalue weighted by atomic mass is 32.2. The highest BCUT2D eigenvalue weighted by molar-refractivity contribution is 7.89. The van der Waals surface area contributed by atoms with Gasteiger partial charge in [-0.05, 0) is 12.8 Å². The topological polar surface area (TPSA) is 96.8 Å². The van der Waals surface area contributed by atoms with Crippen LogP contribution in [-0.4, -0.2) is 56.5 Å². The van der Waals surface area contributed by atoms with Crippen molar-refractivity contribution in [2.75, 3.05) is 18.8 Å². The predicted octanol–water partition coefficient (Wildman–Crippen LogP) is 0.0938. The predicted molar refractivity (Wildman–Crippen MR) is 72.2 cm³/mol. The minimum atomic E-state index is -3.18. The smallest absolute Gasteiger partial charge is 0.215 e. The molecule has 0 atom stereocenters. The van der Waals surface area contributed by atoms with Crippen molar-refractivity contribution in [3.63, 3.8) is 0 Å². The van der Waals surface area contributed by atoms with Crippen LogP contribution in [0.4, 0.5) is 0 Å². The van der Waals surface area contributed by atoms with E-state index in [-0.39, 0.29) is 5.75 Å². The molecule has 0 bridgehead atoms. The number of H-pyrrole nitrogens is 1. The third kappa shape index (κ3) is 2.73. The van der Waals surface area contributed by atoms with Gasteiger partial charge >= 0.3 is 0 Å². The molecule has 108 valence electrons. The Morgan fingerprint density at radius 2 is 2.10 bits per heavy atom. The number of hydrogen-bond donors (Lipinski definition) is 1. The zero-order chi connectivity index (χ0) is 14.0.